The Labute approximate surface area is 170 Å². The van der Waals surface area contributed by atoms with Crippen LogP contribution in [-0.2, 0) is 14.8 Å². The first-order chi connectivity index (χ1) is 13.8. The number of carbonyl (C=O) groups is 2. The highest BCUT2D eigenvalue weighted by atomic mass is 32.2. The van der Waals surface area contributed by atoms with Crippen LogP contribution in [0.15, 0.2) is 48.5 Å². The molecular formula is C21H23N3O4S. The molecule has 0 saturated carbocycles. The fraction of sp³-hybridized carbons (Fsp3) is 0.333. The average molecular weight is 413 g/mol. The lowest BCUT2D eigenvalue weighted by Gasteiger charge is -2.36. The number of nitrogens with zero attached hydrogens (tertiary/aromatic N) is 3. The first-order valence-electron chi connectivity index (χ1n) is 9.62. The Hall–Kier alpha value is -2.87. The first-order valence-corrected chi connectivity index (χ1v) is 11.2. The van der Waals surface area contributed by atoms with Crippen molar-refractivity contribution < 1.29 is 18.0 Å². The molecule has 0 atom stereocenters. The summed E-state index contributed by atoms with van der Waals surface area (Å²) in [6, 6.07) is 14.6. The van der Waals surface area contributed by atoms with Crippen LogP contribution in [0.2, 0.25) is 0 Å². The Kier molecular flexibility index (Phi) is 5.04. The number of amides is 2. The van der Waals surface area contributed by atoms with Crippen LogP contribution < -0.4 is 9.21 Å². The number of carbonyl (C=O) groups excluding carboxylic acids is 2. The van der Waals surface area contributed by atoms with Crippen LogP contribution in [-0.4, -0.2) is 57.1 Å². The van der Waals surface area contributed by atoms with Gasteiger partial charge in [0, 0.05) is 43.9 Å². The van der Waals surface area contributed by atoms with Crippen LogP contribution in [0, 0.1) is 6.92 Å². The van der Waals surface area contributed by atoms with Gasteiger partial charge in [0.2, 0.25) is 15.9 Å². The molecule has 0 bridgehead atoms. The molecule has 0 aliphatic carbocycles. The van der Waals surface area contributed by atoms with Gasteiger partial charge in [-0.1, -0.05) is 18.2 Å². The van der Waals surface area contributed by atoms with Crippen molar-refractivity contribution in [1.29, 1.82) is 0 Å². The lowest BCUT2D eigenvalue weighted by molar-refractivity contribution is -0.116. The first kappa shape index (κ1) is 19.4. The van der Waals surface area contributed by atoms with Gasteiger partial charge in [-0.2, -0.15) is 0 Å². The third kappa shape index (κ3) is 3.85. The molecular weight excluding hydrogens is 390 g/mol. The third-order valence-electron chi connectivity index (χ3n) is 5.34. The fourth-order valence-corrected chi connectivity index (χ4v) is 5.26. The maximum absolute atomic E-state index is 13.0. The van der Waals surface area contributed by atoms with Crippen LogP contribution in [0.25, 0.3) is 0 Å². The van der Waals surface area contributed by atoms with Gasteiger partial charge < -0.3 is 9.80 Å². The smallest absolute Gasteiger partial charge is 0.254 e. The SMILES string of the molecule is Cc1cccc(N2CCN(C(=O)c3cccc(N4C(=O)CCS4(=O)=O)c3)CC2)c1. The molecule has 2 amide bonds. The fourth-order valence-electron chi connectivity index (χ4n) is 3.81. The van der Waals surface area contributed by atoms with E-state index in [9.17, 15) is 18.0 Å². The Bertz CT molecular complexity index is 1060. The van der Waals surface area contributed by atoms with Crippen LogP contribution in [0.5, 0.6) is 0 Å². The summed E-state index contributed by atoms with van der Waals surface area (Å²) in [4.78, 5) is 29.0. The highest BCUT2D eigenvalue weighted by molar-refractivity contribution is 7.94. The highest BCUT2D eigenvalue weighted by Gasteiger charge is 2.36. The van der Waals surface area contributed by atoms with E-state index in [-0.39, 0.29) is 23.8 Å². The average Bonchev–Trinajstić information content (AvgIpc) is 3.00. The second kappa shape index (κ2) is 7.51. The van der Waals surface area contributed by atoms with E-state index in [2.05, 4.69) is 30.0 Å². The number of benzene rings is 2. The van der Waals surface area contributed by atoms with Gasteiger partial charge in [-0.25, -0.2) is 12.7 Å². The minimum absolute atomic E-state index is 0.0264. The Morgan fingerprint density at radius 1 is 0.931 bits per heavy atom. The molecule has 4 rings (SSSR count). The van der Waals surface area contributed by atoms with Gasteiger partial charge in [0.05, 0.1) is 11.4 Å². The third-order valence-corrected chi connectivity index (χ3v) is 7.03. The Balaban J connectivity index is 1.48. The van der Waals surface area contributed by atoms with Crippen LogP contribution in [0.4, 0.5) is 11.4 Å². The number of rotatable bonds is 3. The summed E-state index contributed by atoms with van der Waals surface area (Å²) in [6.45, 7) is 4.68. The number of hydrogen-bond donors (Lipinski definition) is 0. The molecule has 2 saturated heterocycles. The molecule has 0 spiro atoms. The van der Waals surface area contributed by atoms with Gasteiger partial charge in [-0.05, 0) is 42.8 Å². The molecule has 7 nitrogen and oxygen atoms in total. The Morgan fingerprint density at radius 2 is 1.62 bits per heavy atom. The number of anilines is 2. The Morgan fingerprint density at radius 3 is 2.28 bits per heavy atom. The molecule has 2 aliphatic heterocycles. The molecule has 2 aliphatic rings. The van der Waals surface area contributed by atoms with E-state index in [0.29, 0.717) is 18.7 Å². The predicted molar refractivity (Wildman–Crippen MR) is 112 cm³/mol. The van der Waals surface area contributed by atoms with Crippen LogP contribution in [0.3, 0.4) is 0 Å². The molecule has 2 fully saturated rings. The molecule has 0 unspecified atom stereocenters. The molecule has 8 heteroatoms. The van der Waals surface area contributed by atoms with Gasteiger partial charge in [0.25, 0.3) is 5.91 Å². The monoisotopic (exact) mass is 413 g/mol. The van der Waals surface area contributed by atoms with Gasteiger partial charge in [-0.15, -0.1) is 0 Å². The standard InChI is InChI=1S/C21H23N3O4S/c1-16-4-2-6-18(14-16)22-9-11-23(12-10-22)21(26)17-5-3-7-19(15-17)24-20(25)8-13-29(24,27)28/h2-7,14-15H,8-13H2,1H3. The normalized spacial score (nSPS) is 18.9. The van der Waals surface area contributed by atoms with Crippen molar-refractivity contribution in [1.82, 2.24) is 4.90 Å². The van der Waals surface area contributed by atoms with E-state index in [1.165, 1.54) is 11.6 Å². The molecule has 0 aromatic heterocycles. The second-order valence-electron chi connectivity index (χ2n) is 7.39. The lowest BCUT2D eigenvalue weighted by Crippen LogP contribution is -2.48. The van der Waals surface area contributed by atoms with E-state index in [1.54, 1.807) is 23.1 Å². The van der Waals surface area contributed by atoms with Crippen molar-refractivity contribution in [3.05, 3.63) is 59.7 Å². The van der Waals surface area contributed by atoms with E-state index < -0.39 is 15.9 Å². The molecule has 2 heterocycles. The maximum Gasteiger partial charge on any atom is 0.254 e. The van der Waals surface area contributed by atoms with E-state index in [0.717, 1.165) is 23.1 Å². The number of sulfonamides is 1. The quantitative estimate of drug-likeness (QED) is 0.769. The summed E-state index contributed by atoms with van der Waals surface area (Å²) in [5.74, 6) is -0.800. The van der Waals surface area contributed by atoms with Crippen molar-refractivity contribution in [2.24, 2.45) is 0 Å². The minimum Gasteiger partial charge on any atom is -0.368 e. The number of aryl methyl sites for hydroxylation is 1. The number of hydrogen-bond acceptors (Lipinski definition) is 5. The molecule has 0 N–H and O–H groups in total. The van der Waals surface area contributed by atoms with Crippen molar-refractivity contribution in [3.8, 4) is 0 Å². The molecule has 29 heavy (non-hydrogen) atoms. The van der Waals surface area contributed by atoms with Crippen molar-refractivity contribution >= 4 is 33.2 Å². The van der Waals surface area contributed by atoms with Gasteiger partial charge in [0.1, 0.15) is 0 Å². The molecule has 2 aromatic rings. The zero-order valence-corrected chi connectivity index (χ0v) is 17.1. The largest absolute Gasteiger partial charge is 0.368 e. The number of piperazine rings is 1. The van der Waals surface area contributed by atoms with Crippen molar-refractivity contribution in [2.75, 3.05) is 41.1 Å². The highest BCUT2D eigenvalue weighted by Crippen LogP contribution is 2.26. The van der Waals surface area contributed by atoms with Crippen molar-refractivity contribution in [3.63, 3.8) is 0 Å². The molecule has 152 valence electrons. The maximum atomic E-state index is 13.0. The summed E-state index contributed by atoms with van der Waals surface area (Å²) >= 11 is 0. The summed E-state index contributed by atoms with van der Waals surface area (Å²) < 4.78 is 25.1. The van der Waals surface area contributed by atoms with Gasteiger partial charge in [-0.3, -0.25) is 9.59 Å². The predicted octanol–water partition coefficient (Wildman–Crippen LogP) is 2.02. The topological polar surface area (TPSA) is 78.0 Å². The van der Waals surface area contributed by atoms with E-state index >= 15 is 0 Å². The minimum atomic E-state index is -3.65. The zero-order chi connectivity index (χ0) is 20.6. The molecule has 2 aromatic carbocycles. The lowest BCUT2D eigenvalue weighted by atomic mass is 10.1. The van der Waals surface area contributed by atoms with Gasteiger partial charge in [0.15, 0.2) is 0 Å². The summed E-state index contributed by atoms with van der Waals surface area (Å²) in [5.41, 5.74) is 2.97. The van der Waals surface area contributed by atoms with Crippen LogP contribution in [0.1, 0.15) is 22.3 Å². The van der Waals surface area contributed by atoms with Gasteiger partial charge >= 0.3 is 0 Å². The summed E-state index contributed by atoms with van der Waals surface area (Å²) in [6.07, 6.45) is -0.0264. The van der Waals surface area contributed by atoms with E-state index in [1.807, 2.05) is 6.07 Å². The zero-order valence-electron chi connectivity index (χ0n) is 16.2. The van der Waals surface area contributed by atoms with Crippen molar-refractivity contribution in [2.45, 2.75) is 13.3 Å². The molecule has 0 radical (unpaired) electrons. The van der Waals surface area contributed by atoms with Crippen LogP contribution >= 0.6 is 0 Å². The second-order valence-corrected chi connectivity index (χ2v) is 9.33. The van der Waals surface area contributed by atoms with E-state index in [4.69, 9.17) is 0 Å². The summed E-state index contributed by atoms with van der Waals surface area (Å²) in [7, 11) is -3.65. The summed E-state index contributed by atoms with van der Waals surface area (Å²) in [5, 5.41) is 0.